The number of rotatable bonds is 7. The molecule has 0 atom stereocenters. The molecule has 0 saturated carbocycles. The molecule has 0 fully saturated rings. The second-order valence-corrected chi connectivity index (χ2v) is 23.0. The van der Waals surface area contributed by atoms with Crippen LogP contribution in [0.25, 0.3) is 115 Å². The maximum atomic E-state index is 10.6. The first kappa shape index (κ1) is 84.6. The number of nitro groups is 1. The van der Waals surface area contributed by atoms with Crippen molar-refractivity contribution in [2.45, 2.75) is 13.8 Å². The third-order valence-corrected chi connectivity index (χ3v) is 17.4. The van der Waals surface area contributed by atoms with Gasteiger partial charge in [0.2, 0.25) is 0 Å². The fourth-order valence-electron chi connectivity index (χ4n) is 8.49. The number of hydrogen-bond acceptors (Lipinski definition) is 12. The summed E-state index contributed by atoms with van der Waals surface area (Å²) in [6, 6.07) is 88.9. The molecule has 8 nitrogen and oxygen atoms in total. The van der Waals surface area contributed by atoms with Crippen LogP contribution >= 0.6 is 56.7 Å². The molecule has 0 bridgehead atoms. The molecule has 15 rings (SSSR count). The minimum atomic E-state index is -0.413. The summed E-state index contributed by atoms with van der Waals surface area (Å²) < 4.78 is 5.07. The first-order valence-corrected chi connectivity index (χ1v) is 29.0. The molecule has 10 aromatic carbocycles. The molecule has 386 valence electrons. The van der Waals surface area contributed by atoms with Gasteiger partial charge in [-0.15, -0.1) is 27.6 Å². The van der Waals surface area contributed by atoms with E-state index in [4.69, 9.17) is 9.97 Å². The minimum absolute atomic E-state index is 0. The Balaban J connectivity index is 0.000000246. The second kappa shape index (κ2) is 42.4. The van der Waals surface area contributed by atoms with Gasteiger partial charge >= 0.3 is 411 Å². The Morgan fingerprint density at radius 1 is 0.318 bits per heavy atom. The zero-order valence-electron chi connectivity index (χ0n) is 50.5. The Morgan fingerprint density at radius 3 is 0.943 bits per heavy atom. The van der Waals surface area contributed by atoms with Gasteiger partial charge in [0.15, 0.2) is 0 Å². The van der Waals surface area contributed by atoms with Gasteiger partial charge in [-0.3, -0.25) is 95.0 Å². The van der Waals surface area contributed by atoms with Crippen LogP contribution < -0.4 is 411 Å². The summed E-state index contributed by atoms with van der Waals surface area (Å²) in [4.78, 5) is 33.2. The Labute approximate surface area is 872 Å². The van der Waals surface area contributed by atoms with E-state index in [0.717, 1.165) is 98.4 Å². The van der Waals surface area contributed by atoms with E-state index in [0.29, 0.717) is 0 Å². The van der Waals surface area contributed by atoms with Gasteiger partial charge < -0.3 is 24.9 Å². The van der Waals surface area contributed by atoms with Crippen molar-refractivity contribution >= 4 is 113 Å². The normalized spacial score (nSPS) is 9.98. The van der Waals surface area contributed by atoms with Gasteiger partial charge in [0.1, 0.15) is 0 Å². The molecule has 5 aromatic heterocycles. The maximum Gasteiger partial charge on any atom is 1.00 e. The number of non-ortho nitro benzene ring substituents is 1. The molecule has 0 unspecified atom stereocenters. The van der Waals surface area contributed by atoms with Crippen molar-refractivity contribution in [2.24, 2.45) is 0 Å². The van der Waals surface area contributed by atoms with Crippen molar-refractivity contribution in [1.29, 1.82) is 0 Å². The predicted octanol–water partition coefficient (Wildman–Crippen LogP) is -5.24. The molecular formula is C67H38K8N6O2S5. The smallest absolute Gasteiger partial charge is 0.329 e. The number of aromatic nitrogens is 5. The van der Waals surface area contributed by atoms with Crippen LogP contribution in [0, 0.1) is 72.5 Å². The molecule has 0 aliphatic heterocycles. The van der Waals surface area contributed by atoms with Crippen molar-refractivity contribution in [3.05, 3.63) is 264 Å². The second-order valence-electron chi connectivity index (χ2n) is 18.0. The quantitative estimate of drug-likeness (QED) is 0.0681. The number of nitrogens with zero attached hydrogens (tertiary/aromatic N) is 6. The number of hydrogen-bond donors (Lipinski definition) is 0. The standard InChI is InChI=1S/C20H10N2S2.C19H11NS.C15H11NS.C13H6N2O2S.8K/c1-3-7-13(8-4-1)19-21-15-11-18-16(12-17(15)23-19)22-20(24-18)14-9-5-2-6-10-14;1-2-6-14(7-3-1)15-10-12-16(13-11-15)19-20-17-8-4-5-9-18(17)21-19;1-10-7-11(2)9-12(8-10)15-16-13-5-3-4-6-14(13)17-15;16-15(17)10-7-5-9(6-8-10)13-14-11-3-1-2-4-12(11)18-13;;;;;;;;/h1-10H;1-7,10-13H;3-4,7-9H,1-2H3;1-2,5-8H;;;;;;;;/q4*-2;8*+1. The minimum Gasteiger partial charge on any atom is -0.329 e. The number of benzene rings is 10. The first-order valence-electron chi connectivity index (χ1n) is 25.0. The third kappa shape index (κ3) is 22.8. The van der Waals surface area contributed by atoms with Crippen LogP contribution in [0.2, 0.25) is 0 Å². The van der Waals surface area contributed by atoms with E-state index in [1.165, 1.54) is 51.3 Å². The largest absolute Gasteiger partial charge is 1.00 e. The van der Waals surface area contributed by atoms with Crippen molar-refractivity contribution in [3.8, 4) is 64.0 Å². The van der Waals surface area contributed by atoms with E-state index in [-0.39, 0.29) is 417 Å². The van der Waals surface area contributed by atoms with Gasteiger partial charge in [0.05, 0.1) is 30.0 Å². The average molecular weight is 1430 g/mol. The van der Waals surface area contributed by atoms with Crippen LogP contribution in [0.5, 0.6) is 0 Å². The number of thiazole rings is 5. The fourth-order valence-corrected chi connectivity index (χ4v) is 13.1. The van der Waals surface area contributed by atoms with Crippen LogP contribution in [-0.2, 0) is 0 Å². The zero-order chi connectivity index (χ0) is 54.4. The van der Waals surface area contributed by atoms with E-state index in [1.807, 2.05) is 66.7 Å². The molecule has 0 radical (unpaired) electrons. The van der Waals surface area contributed by atoms with E-state index < -0.39 is 4.92 Å². The van der Waals surface area contributed by atoms with Gasteiger partial charge in [-0.25, -0.2) is 56.7 Å². The van der Waals surface area contributed by atoms with Crippen LogP contribution in [0.3, 0.4) is 0 Å². The van der Waals surface area contributed by atoms with Gasteiger partial charge in [0.25, 0.3) is 5.69 Å². The van der Waals surface area contributed by atoms with Crippen LogP contribution in [0.4, 0.5) is 5.69 Å². The van der Waals surface area contributed by atoms with Crippen LogP contribution in [0.1, 0.15) is 11.1 Å². The SMILES string of the molecule is Cc1cc(C)cc(-c2nc3[c-]cc[c-]c3s2)c1.O=[N+]([O-])c1ccc(-c2nc3[c-]cc[c-]c3s2)cc1.[K+].[K+].[K+].[K+].[K+].[K+].[K+].[K+].[c-]1c2nc(-c3ccccc3)sc2[c-]c2nc(-c3ccccc3)sc12.[c-]1cc[c-]c2sc(-c3ccc(-c4ccccc4)cc3)nc12. The molecule has 0 aliphatic carbocycles. The summed E-state index contributed by atoms with van der Waals surface area (Å²) in [5, 5.41) is 15.5. The Morgan fingerprint density at radius 2 is 0.591 bits per heavy atom. The molecule has 0 N–H and O–H groups in total. The summed E-state index contributed by atoms with van der Waals surface area (Å²) in [6.45, 7) is 4.23. The van der Waals surface area contributed by atoms with Crippen LogP contribution in [0.15, 0.2) is 194 Å². The molecular weight excluding hydrogens is 1390 g/mol. The third-order valence-electron chi connectivity index (χ3n) is 12.2. The van der Waals surface area contributed by atoms with Crippen LogP contribution in [-0.4, -0.2) is 29.8 Å². The van der Waals surface area contributed by atoms with E-state index in [9.17, 15) is 10.1 Å². The number of nitro benzene ring substituents is 1. The molecule has 0 spiro atoms. The Bertz CT molecular complexity index is 4370. The summed E-state index contributed by atoms with van der Waals surface area (Å²) in [5.74, 6) is 0. The van der Waals surface area contributed by atoms with Gasteiger partial charge in [-0.1, -0.05) is 132 Å². The van der Waals surface area contributed by atoms with Crippen molar-refractivity contribution in [1.82, 2.24) is 24.9 Å². The number of fused-ring (bicyclic) bond motifs is 5. The monoisotopic (exact) mass is 1430 g/mol. The van der Waals surface area contributed by atoms with Crippen molar-refractivity contribution < 1.29 is 416 Å². The van der Waals surface area contributed by atoms with Gasteiger partial charge in [-0.2, -0.15) is 23.5 Å². The van der Waals surface area contributed by atoms with Gasteiger partial charge in [-0.05, 0) is 49.2 Å². The summed E-state index contributed by atoms with van der Waals surface area (Å²) in [5.41, 5.74) is 14.8. The van der Waals surface area contributed by atoms with E-state index in [1.54, 1.807) is 69.6 Å². The Hall–Kier alpha value is 4.14. The predicted molar refractivity (Wildman–Crippen MR) is 331 cm³/mol. The summed E-state index contributed by atoms with van der Waals surface area (Å²) in [6.07, 6.45) is 0. The molecule has 5 heterocycles. The molecule has 21 heteroatoms. The average Bonchev–Trinajstić information content (AvgIpc) is 3.66. The van der Waals surface area contributed by atoms with E-state index >= 15 is 0 Å². The molecule has 15 aromatic rings. The molecule has 0 amide bonds. The number of aryl methyl sites for hydroxylation is 2. The Kier molecular flexibility index (Phi) is 40.8. The van der Waals surface area contributed by atoms with Crippen molar-refractivity contribution in [3.63, 3.8) is 0 Å². The summed E-state index contributed by atoms with van der Waals surface area (Å²) in [7, 11) is 0. The van der Waals surface area contributed by atoms with E-state index in [2.05, 4.69) is 168 Å². The maximum absolute atomic E-state index is 10.6. The first-order chi connectivity index (χ1) is 39.2. The molecule has 88 heavy (non-hydrogen) atoms. The zero-order valence-corrected chi connectivity index (χ0v) is 79.6. The molecule has 0 saturated heterocycles. The van der Waals surface area contributed by atoms with Crippen molar-refractivity contribution in [2.75, 3.05) is 0 Å². The van der Waals surface area contributed by atoms with Gasteiger partial charge in [0, 0.05) is 39.9 Å². The fraction of sp³-hybridized carbons (Fsp3) is 0.0299. The summed E-state index contributed by atoms with van der Waals surface area (Å²) >= 11 is 8.09. The molecule has 0 aliphatic rings. The topological polar surface area (TPSA) is 108 Å².